The van der Waals surface area contributed by atoms with Crippen LogP contribution in [0.3, 0.4) is 0 Å². The van der Waals surface area contributed by atoms with Gasteiger partial charge in [0, 0.05) is 25.6 Å². The molecule has 1 N–H and O–H groups in total. The van der Waals surface area contributed by atoms with Crippen molar-refractivity contribution in [1.29, 1.82) is 0 Å². The second kappa shape index (κ2) is 5.83. The fourth-order valence-electron chi connectivity index (χ4n) is 2.31. The Morgan fingerprint density at radius 1 is 1.32 bits per heavy atom. The number of allylic oxidation sites excluding steroid dienone is 2. The first-order valence-corrected chi connectivity index (χ1v) is 6.63. The minimum absolute atomic E-state index is 0.0217. The van der Waals surface area contributed by atoms with Crippen molar-refractivity contribution in [2.75, 3.05) is 6.54 Å². The van der Waals surface area contributed by atoms with Gasteiger partial charge in [-0.05, 0) is 25.3 Å². The van der Waals surface area contributed by atoms with Gasteiger partial charge in [0.1, 0.15) is 5.76 Å². The van der Waals surface area contributed by atoms with Crippen LogP contribution in [0.1, 0.15) is 36.8 Å². The Hall–Kier alpha value is -1.90. The molecule has 0 bridgehead atoms. The number of aliphatic hydroxyl groups is 1. The van der Waals surface area contributed by atoms with Crippen molar-refractivity contribution >= 4 is 12.0 Å². The van der Waals surface area contributed by atoms with E-state index >= 15 is 0 Å². The Labute approximate surface area is 113 Å². The lowest BCUT2D eigenvalue weighted by Crippen LogP contribution is -2.19. The third-order valence-corrected chi connectivity index (χ3v) is 3.43. The summed E-state index contributed by atoms with van der Waals surface area (Å²) < 4.78 is 0. The van der Waals surface area contributed by atoms with E-state index in [4.69, 9.17) is 0 Å². The Kier molecular flexibility index (Phi) is 4.15. The predicted molar refractivity (Wildman–Crippen MR) is 76.8 cm³/mol. The summed E-state index contributed by atoms with van der Waals surface area (Å²) in [5, 5.41) is 10.0. The molecule has 19 heavy (non-hydrogen) atoms. The topological polar surface area (TPSA) is 49.7 Å². The average Bonchev–Trinajstić information content (AvgIpc) is 2.38. The van der Waals surface area contributed by atoms with Crippen LogP contribution < -0.4 is 0 Å². The summed E-state index contributed by atoms with van der Waals surface area (Å²) in [6.07, 6.45) is 2.46. The van der Waals surface area contributed by atoms with Crippen LogP contribution in [-0.4, -0.2) is 23.6 Å². The molecule has 0 amide bonds. The van der Waals surface area contributed by atoms with E-state index in [2.05, 4.69) is 4.99 Å². The van der Waals surface area contributed by atoms with E-state index in [-0.39, 0.29) is 17.5 Å². The van der Waals surface area contributed by atoms with Crippen LogP contribution >= 0.6 is 0 Å². The lowest BCUT2D eigenvalue weighted by atomic mass is 9.83. The summed E-state index contributed by atoms with van der Waals surface area (Å²) >= 11 is 0. The maximum absolute atomic E-state index is 12.1. The second-order valence-corrected chi connectivity index (χ2v) is 4.93. The molecule has 2 rings (SSSR count). The normalized spacial score (nSPS) is 20.3. The number of hydrogen-bond acceptors (Lipinski definition) is 3. The molecule has 0 heterocycles. The molecule has 3 nitrogen and oxygen atoms in total. The highest BCUT2D eigenvalue weighted by Gasteiger charge is 2.27. The molecule has 1 unspecified atom stereocenters. The maximum Gasteiger partial charge on any atom is 0.168 e. The number of rotatable bonds is 3. The minimum atomic E-state index is -0.0217. The SMILES string of the molecule is CCN=CC1=C(O)CC(c2ccc(C)cc2)CC1=O. The molecular formula is C16H19NO2. The van der Waals surface area contributed by atoms with Gasteiger partial charge in [-0.3, -0.25) is 9.79 Å². The number of hydrogen-bond donors (Lipinski definition) is 1. The molecule has 0 fully saturated rings. The van der Waals surface area contributed by atoms with E-state index in [1.165, 1.54) is 11.8 Å². The number of nitrogens with zero attached hydrogens (tertiary/aromatic N) is 1. The van der Waals surface area contributed by atoms with Crippen LogP contribution in [-0.2, 0) is 4.79 Å². The van der Waals surface area contributed by atoms with Gasteiger partial charge in [0.25, 0.3) is 0 Å². The van der Waals surface area contributed by atoms with Gasteiger partial charge in [-0.15, -0.1) is 0 Å². The van der Waals surface area contributed by atoms with Crippen LogP contribution in [0.25, 0.3) is 0 Å². The number of carbonyl (C=O) groups is 1. The summed E-state index contributed by atoms with van der Waals surface area (Å²) in [6, 6.07) is 8.14. The highest BCUT2D eigenvalue weighted by atomic mass is 16.3. The fourth-order valence-corrected chi connectivity index (χ4v) is 2.31. The number of benzene rings is 1. The minimum Gasteiger partial charge on any atom is -0.511 e. The zero-order valence-electron chi connectivity index (χ0n) is 11.4. The van der Waals surface area contributed by atoms with Gasteiger partial charge in [-0.2, -0.15) is 0 Å². The van der Waals surface area contributed by atoms with Crippen molar-refractivity contribution in [2.45, 2.75) is 32.6 Å². The zero-order chi connectivity index (χ0) is 13.8. The first-order valence-electron chi connectivity index (χ1n) is 6.63. The van der Waals surface area contributed by atoms with E-state index < -0.39 is 0 Å². The molecule has 1 aliphatic rings. The van der Waals surface area contributed by atoms with Crippen molar-refractivity contribution < 1.29 is 9.90 Å². The van der Waals surface area contributed by atoms with Gasteiger partial charge in [0.05, 0.1) is 5.57 Å². The molecule has 1 aromatic carbocycles. The number of ketones is 1. The number of carbonyl (C=O) groups excluding carboxylic acids is 1. The molecule has 3 heteroatoms. The average molecular weight is 257 g/mol. The highest BCUT2D eigenvalue weighted by molar-refractivity contribution is 6.14. The maximum atomic E-state index is 12.1. The molecule has 1 atom stereocenters. The van der Waals surface area contributed by atoms with E-state index in [9.17, 15) is 9.90 Å². The molecular weight excluding hydrogens is 238 g/mol. The van der Waals surface area contributed by atoms with Gasteiger partial charge in [0.15, 0.2) is 5.78 Å². The van der Waals surface area contributed by atoms with Gasteiger partial charge < -0.3 is 5.11 Å². The number of aliphatic imine (C=N–C) groups is 1. The van der Waals surface area contributed by atoms with Crippen LogP contribution in [0.15, 0.2) is 40.6 Å². The molecule has 0 radical (unpaired) electrons. The van der Waals surface area contributed by atoms with E-state index in [1.807, 2.05) is 38.1 Å². The molecule has 0 aliphatic heterocycles. The summed E-state index contributed by atoms with van der Waals surface area (Å²) in [7, 11) is 0. The first kappa shape index (κ1) is 13.5. The third kappa shape index (κ3) is 3.11. The second-order valence-electron chi connectivity index (χ2n) is 4.93. The van der Waals surface area contributed by atoms with Crippen LogP contribution in [0.4, 0.5) is 0 Å². The van der Waals surface area contributed by atoms with Gasteiger partial charge in [-0.1, -0.05) is 29.8 Å². The van der Waals surface area contributed by atoms with Gasteiger partial charge in [-0.25, -0.2) is 0 Å². The Bertz CT molecular complexity index is 526. The summed E-state index contributed by atoms with van der Waals surface area (Å²) in [5.41, 5.74) is 2.68. The van der Waals surface area contributed by atoms with Crippen molar-refractivity contribution in [1.82, 2.24) is 0 Å². The quantitative estimate of drug-likeness (QED) is 0.844. The largest absolute Gasteiger partial charge is 0.511 e. The van der Waals surface area contributed by atoms with Crippen molar-refractivity contribution in [3.05, 3.63) is 46.7 Å². The summed E-state index contributed by atoms with van der Waals surface area (Å²) in [5.74, 6) is 0.220. The predicted octanol–water partition coefficient (Wildman–Crippen LogP) is 3.34. The molecule has 0 saturated heterocycles. The van der Waals surface area contributed by atoms with Crippen molar-refractivity contribution in [2.24, 2.45) is 4.99 Å². The lowest BCUT2D eigenvalue weighted by Gasteiger charge is -2.22. The first-order chi connectivity index (χ1) is 9.11. The van der Waals surface area contributed by atoms with E-state index in [0.29, 0.717) is 25.0 Å². The Morgan fingerprint density at radius 2 is 2.00 bits per heavy atom. The summed E-state index contributed by atoms with van der Waals surface area (Å²) in [4.78, 5) is 16.1. The number of aryl methyl sites for hydroxylation is 1. The number of Topliss-reactive ketones (excluding diaryl/α,β-unsaturated/α-hetero) is 1. The highest BCUT2D eigenvalue weighted by Crippen LogP contribution is 2.33. The molecule has 1 aromatic rings. The van der Waals surface area contributed by atoms with Crippen molar-refractivity contribution in [3.8, 4) is 0 Å². The van der Waals surface area contributed by atoms with E-state index in [1.54, 1.807) is 0 Å². The summed E-state index contributed by atoms with van der Waals surface area (Å²) in [6.45, 7) is 4.55. The van der Waals surface area contributed by atoms with Gasteiger partial charge >= 0.3 is 0 Å². The van der Waals surface area contributed by atoms with Crippen molar-refractivity contribution in [3.63, 3.8) is 0 Å². The van der Waals surface area contributed by atoms with Crippen LogP contribution in [0, 0.1) is 6.92 Å². The standard InChI is InChI=1S/C16H19NO2/c1-3-17-10-14-15(18)8-13(9-16(14)19)12-6-4-11(2)5-7-12/h4-7,10,13,18H,3,8-9H2,1-2H3. The molecule has 1 aliphatic carbocycles. The number of aliphatic hydroxyl groups excluding tert-OH is 1. The van der Waals surface area contributed by atoms with Crippen LogP contribution in [0.2, 0.25) is 0 Å². The van der Waals surface area contributed by atoms with Gasteiger partial charge in [0.2, 0.25) is 0 Å². The Balaban J connectivity index is 2.22. The molecule has 100 valence electrons. The monoisotopic (exact) mass is 257 g/mol. The molecule has 0 saturated carbocycles. The Morgan fingerprint density at radius 3 is 2.58 bits per heavy atom. The fraction of sp³-hybridized carbons (Fsp3) is 0.375. The molecule has 0 aromatic heterocycles. The van der Waals surface area contributed by atoms with E-state index in [0.717, 1.165) is 5.56 Å². The smallest absolute Gasteiger partial charge is 0.168 e. The van der Waals surface area contributed by atoms with Crippen LogP contribution in [0.5, 0.6) is 0 Å². The third-order valence-electron chi connectivity index (χ3n) is 3.43. The lowest BCUT2D eigenvalue weighted by molar-refractivity contribution is -0.116. The zero-order valence-corrected chi connectivity index (χ0v) is 11.4. The molecule has 0 spiro atoms.